The minimum atomic E-state index is -0.298. The number of likely N-dealkylation sites (tertiary alicyclic amines) is 2. The van der Waals surface area contributed by atoms with Crippen LogP contribution in [-0.4, -0.2) is 66.2 Å². The maximum atomic E-state index is 12.1. The first-order chi connectivity index (χ1) is 9.50. The molecule has 2 aliphatic rings. The average molecular weight is 281 g/mol. The molecular weight excluding hydrogens is 258 g/mol. The highest BCUT2D eigenvalue weighted by Gasteiger charge is 2.33. The monoisotopic (exact) mass is 281 g/mol. The van der Waals surface area contributed by atoms with Gasteiger partial charge in [0.1, 0.15) is 0 Å². The SMILES string of the molecule is CC(=O)C1CCCN1C(=O)CNC(=O)C1CCCN1C. The smallest absolute Gasteiger partial charge is 0.242 e. The second-order valence-electron chi connectivity index (χ2n) is 5.71. The third-order valence-corrected chi connectivity index (χ3v) is 4.28. The molecule has 1 N–H and O–H groups in total. The fourth-order valence-electron chi connectivity index (χ4n) is 3.11. The van der Waals surface area contributed by atoms with Crippen molar-refractivity contribution in [3.05, 3.63) is 0 Å². The molecule has 0 aromatic heterocycles. The Bertz CT molecular complexity index is 410. The number of carbonyl (C=O) groups excluding carboxylic acids is 3. The van der Waals surface area contributed by atoms with Crippen LogP contribution in [0.1, 0.15) is 32.6 Å². The number of carbonyl (C=O) groups is 3. The van der Waals surface area contributed by atoms with Crippen molar-refractivity contribution >= 4 is 17.6 Å². The lowest BCUT2D eigenvalue weighted by atomic mass is 10.1. The Morgan fingerprint density at radius 2 is 1.75 bits per heavy atom. The summed E-state index contributed by atoms with van der Waals surface area (Å²) < 4.78 is 0. The van der Waals surface area contributed by atoms with Gasteiger partial charge in [-0.05, 0) is 46.2 Å². The third-order valence-electron chi connectivity index (χ3n) is 4.28. The number of Topliss-reactive ketones (excluding diaryl/α,β-unsaturated/α-hetero) is 1. The molecule has 0 saturated carbocycles. The summed E-state index contributed by atoms with van der Waals surface area (Å²) in [4.78, 5) is 39.2. The van der Waals surface area contributed by atoms with Crippen LogP contribution in [0.25, 0.3) is 0 Å². The topological polar surface area (TPSA) is 69.7 Å². The number of hydrogen-bond acceptors (Lipinski definition) is 4. The van der Waals surface area contributed by atoms with Gasteiger partial charge in [0.05, 0.1) is 18.6 Å². The van der Waals surface area contributed by atoms with Gasteiger partial charge in [-0.3, -0.25) is 19.3 Å². The summed E-state index contributed by atoms with van der Waals surface area (Å²) in [6.07, 6.45) is 3.45. The zero-order valence-corrected chi connectivity index (χ0v) is 12.2. The first-order valence-electron chi connectivity index (χ1n) is 7.28. The van der Waals surface area contributed by atoms with E-state index >= 15 is 0 Å². The van der Waals surface area contributed by atoms with Gasteiger partial charge < -0.3 is 10.2 Å². The van der Waals surface area contributed by atoms with E-state index in [1.807, 2.05) is 11.9 Å². The number of nitrogens with zero attached hydrogens (tertiary/aromatic N) is 2. The summed E-state index contributed by atoms with van der Waals surface area (Å²) >= 11 is 0. The number of ketones is 1. The highest BCUT2D eigenvalue weighted by Crippen LogP contribution is 2.18. The van der Waals surface area contributed by atoms with Crippen LogP contribution in [0.2, 0.25) is 0 Å². The van der Waals surface area contributed by atoms with Gasteiger partial charge in [-0.2, -0.15) is 0 Å². The van der Waals surface area contributed by atoms with Crippen LogP contribution < -0.4 is 5.32 Å². The fraction of sp³-hybridized carbons (Fsp3) is 0.786. The molecule has 0 aromatic carbocycles. The van der Waals surface area contributed by atoms with Crippen LogP contribution in [0.4, 0.5) is 0 Å². The van der Waals surface area contributed by atoms with Gasteiger partial charge in [-0.15, -0.1) is 0 Å². The lowest BCUT2D eigenvalue weighted by Crippen LogP contribution is -2.48. The molecule has 0 aliphatic carbocycles. The van der Waals surface area contributed by atoms with Gasteiger partial charge in [0.15, 0.2) is 5.78 Å². The highest BCUT2D eigenvalue weighted by atomic mass is 16.2. The Kier molecular flexibility index (Phi) is 4.75. The molecule has 2 rings (SSSR count). The molecule has 0 radical (unpaired) electrons. The number of nitrogens with one attached hydrogen (secondary N) is 1. The van der Waals surface area contributed by atoms with E-state index < -0.39 is 0 Å². The van der Waals surface area contributed by atoms with E-state index in [-0.39, 0.29) is 36.2 Å². The highest BCUT2D eigenvalue weighted by molar-refractivity contribution is 5.91. The normalized spacial score (nSPS) is 26.8. The van der Waals surface area contributed by atoms with E-state index in [4.69, 9.17) is 0 Å². The van der Waals surface area contributed by atoms with Gasteiger partial charge in [0.25, 0.3) is 0 Å². The molecule has 2 fully saturated rings. The molecule has 6 nitrogen and oxygen atoms in total. The van der Waals surface area contributed by atoms with E-state index in [9.17, 15) is 14.4 Å². The summed E-state index contributed by atoms with van der Waals surface area (Å²) in [7, 11) is 1.92. The summed E-state index contributed by atoms with van der Waals surface area (Å²) in [5.41, 5.74) is 0. The van der Waals surface area contributed by atoms with Crippen molar-refractivity contribution < 1.29 is 14.4 Å². The van der Waals surface area contributed by atoms with Crippen LogP contribution in [0.3, 0.4) is 0 Å². The van der Waals surface area contributed by atoms with Crippen LogP contribution in [0.15, 0.2) is 0 Å². The van der Waals surface area contributed by atoms with Crippen molar-refractivity contribution in [3.63, 3.8) is 0 Å². The minimum absolute atomic E-state index is 0.00699. The van der Waals surface area contributed by atoms with E-state index in [0.29, 0.717) is 6.54 Å². The quantitative estimate of drug-likeness (QED) is 0.773. The zero-order valence-electron chi connectivity index (χ0n) is 12.2. The van der Waals surface area contributed by atoms with E-state index in [1.54, 1.807) is 4.90 Å². The predicted molar refractivity (Wildman–Crippen MR) is 74.1 cm³/mol. The molecule has 2 unspecified atom stereocenters. The van der Waals surface area contributed by atoms with Crippen molar-refractivity contribution in [2.75, 3.05) is 26.7 Å². The maximum Gasteiger partial charge on any atom is 0.242 e. The number of amides is 2. The maximum absolute atomic E-state index is 12.1. The second-order valence-corrected chi connectivity index (χ2v) is 5.71. The molecule has 2 aliphatic heterocycles. The first-order valence-corrected chi connectivity index (χ1v) is 7.28. The molecular formula is C14H23N3O3. The average Bonchev–Trinajstić information content (AvgIpc) is 3.03. The molecule has 0 bridgehead atoms. The minimum Gasteiger partial charge on any atom is -0.346 e. The molecule has 6 heteroatoms. The van der Waals surface area contributed by atoms with E-state index in [0.717, 1.165) is 32.2 Å². The molecule has 2 atom stereocenters. The van der Waals surface area contributed by atoms with Crippen LogP contribution in [0.5, 0.6) is 0 Å². The lowest BCUT2D eigenvalue weighted by Gasteiger charge is -2.24. The van der Waals surface area contributed by atoms with Gasteiger partial charge in [-0.25, -0.2) is 0 Å². The van der Waals surface area contributed by atoms with Gasteiger partial charge in [0, 0.05) is 6.54 Å². The number of rotatable bonds is 4. The van der Waals surface area contributed by atoms with Crippen LogP contribution in [-0.2, 0) is 14.4 Å². The summed E-state index contributed by atoms with van der Waals surface area (Å²) in [5.74, 6) is -0.216. The molecule has 2 amide bonds. The second kappa shape index (κ2) is 6.35. The molecule has 112 valence electrons. The largest absolute Gasteiger partial charge is 0.346 e. The zero-order chi connectivity index (χ0) is 14.7. The standard InChI is InChI=1S/C14H23N3O3/c1-10(18)11-5-4-8-17(11)13(19)9-15-14(20)12-6-3-7-16(12)2/h11-12H,3-9H2,1-2H3,(H,15,20). The summed E-state index contributed by atoms with van der Waals surface area (Å²) in [6, 6.07) is -0.418. The number of likely N-dealkylation sites (N-methyl/N-ethyl adjacent to an activating group) is 1. The third kappa shape index (κ3) is 3.17. The fourth-order valence-corrected chi connectivity index (χ4v) is 3.11. The molecule has 2 heterocycles. The van der Waals surface area contributed by atoms with Crippen LogP contribution in [0, 0.1) is 0 Å². The molecule has 0 spiro atoms. The predicted octanol–water partition coefficient (Wildman–Crippen LogP) is -0.223. The van der Waals surface area contributed by atoms with Crippen LogP contribution >= 0.6 is 0 Å². The lowest BCUT2D eigenvalue weighted by molar-refractivity contribution is -0.137. The van der Waals surface area contributed by atoms with Crippen molar-refractivity contribution in [1.29, 1.82) is 0 Å². The Morgan fingerprint density at radius 3 is 2.35 bits per heavy atom. The van der Waals surface area contributed by atoms with Crippen molar-refractivity contribution in [2.24, 2.45) is 0 Å². The Balaban J connectivity index is 1.83. The van der Waals surface area contributed by atoms with E-state index in [1.165, 1.54) is 6.92 Å². The Hall–Kier alpha value is -1.43. The number of hydrogen-bond donors (Lipinski definition) is 1. The first kappa shape index (κ1) is 15.0. The van der Waals surface area contributed by atoms with Gasteiger partial charge in [0.2, 0.25) is 11.8 Å². The van der Waals surface area contributed by atoms with Gasteiger partial charge in [-0.1, -0.05) is 0 Å². The van der Waals surface area contributed by atoms with E-state index in [2.05, 4.69) is 5.32 Å². The summed E-state index contributed by atoms with van der Waals surface area (Å²) in [6.45, 7) is 3.04. The Labute approximate surface area is 119 Å². The molecule has 20 heavy (non-hydrogen) atoms. The summed E-state index contributed by atoms with van der Waals surface area (Å²) in [5, 5.41) is 2.71. The Morgan fingerprint density at radius 1 is 1.10 bits per heavy atom. The molecule has 0 aromatic rings. The van der Waals surface area contributed by atoms with Crippen molar-refractivity contribution in [2.45, 2.75) is 44.7 Å². The van der Waals surface area contributed by atoms with Crippen molar-refractivity contribution in [3.8, 4) is 0 Å². The molecule has 2 saturated heterocycles. The van der Waals surface area contributed by atoms with Gasteiger partial charge >= 0.3 is 0 Å². The van der Waals surface area contributed by atoms with Crippen molar-refractivity contribution in [1.82, 2.24) is 15.1 Å².